The van der Waals surface area contributed by atoms with E-state index < -0.39 is 15.9 Å². The number of hydrogen-bond acceptors (Lipinski definition) is 8. The molecule has 13 heteroatoms. The number of methoxy groups -OCH3 is 1. The number of ketones is 1. The zero-order valence-corrected chi connectivity index (χ0v) is 22.4. The van der Waals surface area contributed by atoms with Gasteiger partial charge in [-0.3, -0.25) is 9.59 Å². The Balaban J connectivity index is 1.88. The molecule has 0 radical (unpaired) electrons. The second kappa shape index (κ2) is 9.94. The molecule has 1 amide bonds. The highest BCUT2D eigenvalue weighted by Gasteiger charge is 2.26. The summed E-state index contributed by atoms with van der Waals surface area (Å²) in [4.78, 5) is 31.2. The van der Waals surface area contributed by atoms with Gasteiger partial charge in [-0.25, -0.2) is 18.1 Å². The molecule has 4 rings (SSSR count). The lowest BCUT2D eigenvalue weighted by Gasteiger charge is -2.15. The monoisotopic (exact) mass is 544 g/mol. The number of carbonyl (C=O) groups is 2. The fraction of sp³-hybridized carbons (Fsp3) is 0.292. The average Bonchev–Trinajstić information content (AvgIpc) is 3.43. The van der Waals surface area contributed by atoms with Gasteiger partial charge in [0.15, 0.2) is 11.6 Å². The van der Waals surface area contributed by atoms with E-state index in [9.17, 15) is 18.0 Å². The van der Waals surface area contributed by atoms with Crippen LogP contribution in [-0.4, -0.2) is 57.4 Å². The summed E-state index contributed by atoms with van der Waals surface area (Å²) in [6.07, 6.45) is 4.04. The summed E-state index contributed by atoms with van der Waals surface area (Å²) in [5.41, 5.74) is 1.14. The topological polar surface area (TPSA) is 138 Å². The third kappa shape index (κ3) is 5.20. The number of carbonyl (C=O) groups excluding carboxylic acids is 2. The quantitative estimate of drug-likeness (QED) is 0.330. The fourth-order valence-corrected chi connectivity index (χ4v) is 4.59. The summed E-state index contributed by atoms with van der Waals surface area (Å²) in [6, 6.07) is 6.34. The number of aryl methyl sites for hydroxylation is 1. The van der Waals surface area contributed by atoms with Gasteiger partial charge in [-0.05, 0) is 36.6 Å². The Kier molecular flexibility index (Phi) is 7.07. The Bertz CT molecular complexity index is 1640. The van der Waals surface area contributed by atoms with Crippen LogP contribution in [0.1, 0.15) is 46.7 Å². The number of rotatable bonds is 8. The molecule has 194 valence electrons. The summed E-state index contributed by atoms with van der Waals surface area (Å²) in [5, 5.41) is 12.0. The number of benzene rings is 1. The minimum absolute atomic E-state index is 0.0144. The average molecular weight is 545 g/mol. The number of halogens is 1. The molecule has 0 atom stereocenters. The molecule has 0 saturated carbocycles. The van der Waals surface area contributed by atoms with Crippen molar-refractivity contribution in [3.05, 3.63) is 58.5 Å². The van der Waals surface area contributed by atoms with Crippen LogP contribution in [0.5, 0.6) is 5.88 Å². The molecule has 0 aliphatic rings. The predicted molar refractivity (Wildman–Crippen MR) is 139 cm³/mol. The lowest BCUT2D eigenvalue weighted by molar-refractivity contribution is 0.0970. The van der Waals surface area contributed by atoms with Gasteiger partial charge < -0.3 is 10.1 Å². The molecule has 0 fully saturated rings. The largest absolute Gasteiger partial charge is 0.480 e. The van der Waals surface area contributed by atoms with Crippen LogP contribution in [0.25, 0.3) is 16.7 Å². The molecule has 4 aromatic rings. The van der Waals surface area contributed by atoms with Crippen molar-refractivity contribution in [1.82, 2.24) is 24.0 Å². The van der Waals surface area contributed by atoms with E-state index >= 15 is 0 Å². The standard InChI is InChI=1S/C24H25ClN6O5S/c1-13(2)9-18(32)20-21(14(3)10-15-12-30(29-22(15)20)37(5,34)35)27-24(33)17-11-19(36-4)28-31(17)23-16(25)7-6-8-26-23/h6-8,10-13H,9H2,1-5H3,(H,27,33). The summed E-state index contributed by atoms with van der Waals surface area (Å²) in [7, 11) is -2.29. The predicted octanol–water partition coefficient (Wildman–Crippen LogP) is 3.88. The molecule has 0 saturated heterocycles. The number of amides is 1. The van der Waals surface area contributed by atoms with Crippen molar-refractivity contribution in [3.63, 3.8) is 0 Å². The van der Waals surface area contributed by atoms with Crippen LogP contribution in [0.4, 0.5) is 5.69 Å². The molecular weight excluding hydrogens is 520 g/mol. The van der Waals surface area contributed by atoms with E-state index in [4.69, 9.17) is 16.3 Å². The number of nitrogens with zero attached hydrogens (tertiary/aromatic N) is 5. The molecular formula is C24H25ClN6O5S. The summed E-state index contributed by atoms with van der Waals surface area (Å²) < 4.78 is 31.5. The zero-order valence-electron chi connectivity index (χ0n) is 20.8. The van der Waals surface area contributed by atoms with Gasteiger partial charge in [0.05, 0.1) is 35.8 Å². The van der Waals surface area contributed by atoms with Crippen LogP contribution in [0.15, 0.2) is 36.7 Å². The molecule has 0 spiro atoms. The van der Waals surface area contributed by atoms with E-state index in [-0.39, 0.29) is 57.3 Å². The third-order valence-electron chi connectivity index (χ3n) is 5.49. The van der Waals surface area contributed by atoms with Crippen molar-refractivity contribution in [1.29, 1.82) is 0 Å². The van der Waals surface area contributed by atoms with E-state index in [1.54, 1.807) is 25.1 Å². The summed E-state index contributed by atoms with van der Waals surface area (Å²) in [6.45, 7) is 5.49. The lowest BCUT2D eigenvalue weighted by atomic mass is 9.95. The smallest absolute Gasteiger partial charge is 0.274 e. The molecule has 11 nitrogen and oxygen atoms in total. The maximum Gasteiger partial charge on any atom is 0.274 e. The van der Waals surface area contributed by atoms with Crippen LogP contribution in [0.2, 0.25) is 5.02 Å². The van der Waals surface area contributed by atoms with Gasteiger partial charge in [-0.2, -0.15) is 9.19 Å². The number of ether oxygens (including phenoxy) is 1. The Morgan fingerprint density at radius 1 is 1.22 bits per heavy atom. The van der Waals surface area contributed by atoms with Crippen molar-refractivity contribution < 1.29 is 22.7 Å². The minimum atomic E-state index is -3.70. The number of anilines is 1. The van der Waals surface area contributed by atoms with E-state index in [0.29, 0.717) is 10.9 Å². The fourth-order valence-electron chi connectivity index (χ4n) is 3.85. The van der Waals surface area contributed by atoms with Gasteiger partial charge in [0.25, 0.3) is 15.9 Å². The van der Waals surface area contributed by atoms with Crippen molar-refractivity contribution >= 4 is 49.9 Å². The molecule has 1 aromatic carbocycles. The van der Waals surface area contributed by atoms with Gasteiger partial charge in [0.2, 0.25) is 5.88 Å². The SMILES string of the molecule is COc1cc(C(=O)Nc2c(C)cc3cn(S(C)(=O)=O)nc3c2C(=O)CC(C)C)n(-c2ncccc2Cl)n1. The Labute approximate surface area is 218 Å². The molecule has 3 heterocycles. The zero-order chi connectivity index (χ0) is 27.1. The molecule has 0 aliphatic heterocycles. The number of aromatic nitrogens is 5. The number of Topliss-reactive ketones (excluding diaryl/α,β-unsaturated/α-hetero) is 1. The third-order valence-corrected chi connectivity index (χ3v) is 6.66. The van der Waals surface area contributed by atoms with Crippen molar-refractivity contribution in [2.24, 2.45) is 5.92 Å². The van der Waals surface area contributed by atoms with Crippen LogP contribution in [-0.2, 0) is 10.0 Å². The molecule has 3 aromatic heterocycles. The maximum absolute atomic E-state index is 13.6. The lowest BCUT2D eigenvalue weighted by Crippen LogP contribution is -2.20. The summed E-state index contributed by atoms with van der Waals surface area (Å²) >= 11 is 6.29. The molecule has 1 N–H and O–H groups in total. The molecule has 0 aliphatic carbocycles. The first-order valence-electron chi connectivity index (χ1n) is 11.2. The number of fused-ring (bicyclic) bond motifs is 1. The van der Waals surface area contributed by atoms with Gasteiger partial charge >= 0.3 is 0 Å². The Morgan fingerprint density at radius 2 is 1.95 bits per heavy atom. The van der Waals surface area contributed by atoms with Crippen LogP contribution in [0, 0.1) is 12.8 Å². The van der Waals surface area contributed by atoms with Gasteiger partial charge in [0.1, 0.15) is 11.2 Å². The second-order valence-corrected chi connectivity index (χ2v) is 11.2. The van der Waals surface area contributed by atoms with Gasteiger partial charge in [-0.1, -0.05) is 25.4 Å². The van der Waals surface area contributed by atoms with Crippen molar-refractivity contribution in [3.8, 4) is 11.7 Å². The molecule has 37 heavy (non-hydrogen) atoms. The van der Waals surface area contributed by atoms with E-state index in [2.05, 4.69) is 20.5 Å². The highest BCUT2D eigenvalue weighted by molar-refractivity contribution is 7.89. The molecule has 0 bridgehead atoms. The molecule has 0 unspecified atom stereocenters. The first-order chi connectivity index (χ1) is 17.4. The van der Waals surface area contributed by atoms with E-state index in [0.717, 1.165) is 10.3 Å². The minimum Gasteiger partial charge on any atom is -0.480 e. The normalized spacial score (nSPS) is 11.8. The van der Waals surface area contributed by atoms with E-state index in [1.165, 1.54) is 30.3 Å². The number of hydrogen-bond donors (Lipinski definition) is 1. The van der Waals surface area contributed by atoms with Crippen molar-refractivity contribution in [2.45, 2.75) is 27.2 Å². The Morgan fingerprint density at radius 3 is 2.57 bits per heavy atom. The van der Waals surface area contributed by atoms with Gasteiger partial charge in [-0.15, -0.1) is 5.10 Å². The van der Waals surface area contributed by atoms with Crippen LogP contribution < -0.4 is 10.1 Å². The van der Waals surface area contributed by atoms with Crippen LogP contribution in [0.3, 0.4) is 0 Å². The highest BCUT2D eigenvalue weighted by Crippen LogP contribution is 2.32. The van der Waals surface area contributed by atoms with Crippen LogP contribution >= 0.6 is 11.6 Å². The van der Waals surface area contributed by atoms with Gasteiger partial charge in [0, 0.05) is 24.1 Å². The first kappa shape index (κ1) is 26.3. The summed E-state index contributed by atoms with van der Waals surface area (Å²) in [5.74, 6) is -0.506. The number of pyridine rings is 1. The van der Waals surface area contributed by atoms with E-state index in [1.807, 2.05) is 13.8 Å². The highest BCUT2D eigenvalue weighted by atomic mass is 35.5. The Hall–Kier alpha value is -3.77. The number of nitrogens with one attached hydrogen (secondary N) is 1. The maximum atomic E-state index is 13.6. The second-order valence-electron chi connectivity index (χ2n) is 8.91. The van der Waals surface area contributed by atoms with Crippen molar-refractivity contribution in [2.75, 3.05) is 18.7 Å². The first-order valence-corrected chi connectivity index (χ1v) is 13.5.